The van der Waals surface area contributed by atoms with Gasteiger partial charge in [0, 0.05) is 23.9 Å². The average molecular weight is 423 g/mol. The number of imidazole rings is 1. The van der Waals surface area contributed by atoms with Crippen LogP contribution >= 0.6 is 0 Å². The largest absolute Gasteiger partial charge is 0.468 e. The predicted octanol–water partition coefficient (Wildman–Crippen LogP) is 2.62. The summed E-state index contributed by atoms with van der Waals surface area (Å²) in [6, 6.07) is 9.02. The van der Waals surface area contributed by atoms with E-state index >= 15 is 0 Å². The van der Waals surface area contributed by atoms with E-state index < -0.39 is 28.9 Å². The van der Waals surface area contributed by atoms with Crippen molar-refractivity contribution in [1.29, 1.82) is 0 Å². The number of ketones is 1. The highest BCUT2D eigenvalue weighted by atomic mass is 16.5. The molecule has 3 unspecified atom stereocenters. The van der Waals surface area contributed by atoms with Crippen molar-refractivity contribution in [1.82, 2.24) is 15.3 Å². The van der Waals surface area contributed by atoms with Crippen molar-refractivity contribution < 1.29 is 14.3 Å². The number of esters is 1. The lowest BCUT2D eigenvalue weighted by molar-refractivity contribution is -0.143. The maximum Gasteiger partial charge on any atom is 0.322 e. The lowest BCUT2D eigenvalue weighted by atomic mass is 9.66. The number of rotatable bonds is 9. The number of carbonyl (C=O) groups is 2. The van der Waals surface area contributed by atoms with E-state index in [1.54, 1.807) is 12.5 Å². The zero-order chi connectivity index (χ0) is 22.5. The van der Waals surface area contributed by atoms with Gasteiger partial charge in [-0.1, -0.05) is 68.5 Å². The number of nitrogens with one attached hydrogen (secondary N) is 2. The Balaban J connectivity index is 1.96. The molecule has 1 aromatic heterocycles. The summed E-state index contributed by atoms with van der Waals surface area (Å²) < 4.78 is 4.75. The van der Waals surface area contributed by atoms with Crippen molar-refractivity contribution in [3.8, 4) is 0 Å². The first kappa shape index (κ1) is 22.7. The number of aromatic nitrogens is 2. The van der Waals surface area contributed by atoms with Crippen LogP contribution in [0.25, 0.3) is 0 Å². The van der Waals surface area contributed by atoms with Crippen LogP contribution in [0, 0.1) is 11.3 Å². The van der Waals surface area contributed by atoms with Crippen LogP contribution in [0.5, 0.6) is 0 Å². The summed E-state index contributed by atoms with van der Waals surface area (Å²) in [7, 11) is 1.30. The zero-order valence-corrected chi connectivity index (χ0v) is 18.2. The molecule has 7 heteroatoms. The molecule has 0 saturated carbocycles. The molecule has 1 heterocycles. The monoisotopic (exact) mass is 422 g/mol. The van der Waals surface area contributed by atoms with Gasteiger partial charge in [0.15, 0.2) is 0 Å². The Morgan fingerprint density at radius 3 is 2.68 bits per heavy atom. The molecule has 1 aromatic carbocycles. The van der Waals surface area contributed by atoms with Crippen molar-refractivity contribution >= 4 is 11.8 Å². The first-order chi connectivity index (χ1) is 14.8. The molecule has 0 saturated heterocycles. The van der Waals surface area contributed by atoms with Gasteiger partial charge in [0.05, 0.1) is 24.9 Å². The number of allylic oxidation sites excluding steroid dienone is 2. The fourth-order valence-electron chi connectivity index (χ4n) is 4.12. The summed E-state index contributed by atoms with van der Waals surface area (Å²) in [4.78, 5) is 32.9. The molecule has 0 fully saturated rings. The van der Waals surface area contributed by atoms with Gasteiger partial charge in [-0.2, -0.15) is 0 Å². The lowest BCUT2D eigenvalue weighted by Crippen LogP contribution is -2.53. The van der Waals surface area contributed by atoms with Crippen molar-refractivity contribution in [3.63, 3.8) is 0 Å². The molecule has 3 rings (SSSR count). The van der Waals surface area contributed by atoms with E-state index in [9.17, 15) is 9.59 Å². The SMILES string of the molecule is COC(=O)C(N)CC(C)(C)C(=O)C1C=CC=CC1(NCc1cnc[nH]1)c1ccccc1. The normalized spacial score (nSPS) is 21.6. The molecule has 0 radical (unpaired) electrons. The van der Waals surface area contributed by atoms with Gasteiger partial charge in [-0.25, -0.2) is 4.98 Å². The number of H-pyrrole nitrogens is 1. The average Bonchev–Trinajstić information content (AvgIpc) is 3.31. The zero-order valence-electron chi connectivity index (χ0n) is 18.2. The topological polar surface area (TPSA) is 110 Å². The Hall–Kier alpha value is -3.03. The molecular weight excluding hydrogens is 392 g/mol. The second kappa shape index (κ2) is 9.41. The Morgan fingerprint density at radius 1 is 1.29 bits per heavy atom. The fourth-order valence-corrected chi connectivity index (χ4v) is 4.12. The van der Waals surface area contributed by atoms with E-state index in [2.05, 4.69) is 15.3 Å². The van der Waals surface area contributed by atoms with Crippen LogP contribution in [-0.2, 0) is 26.4 Å². The molecule has 1 aliphatic carbocycles. The molecule has 2 aromatic rings. The highest BCUT2D eigenvalue weighted by molar-refractivity contribution is 5.91. The van der Waals surface area contributed by atoms with Gasteiger partial charge in [-0.3, -0.25) is 14.9 Å². The fraction of sp³-hybridized carbons (Fsp3) is 0.375. The first-order valence-electron chi connectivity index (χ1n) is 10.3. The van der Waals surface area contributed by atoms with E-state index in [0.717, 1.165) is 11.3 Å². The summed E-state index contributed by atoms with van der Waals surface area (Å²) >= 11 is 0. The summed E-state index contributed by atoms with van der Waals surface area (Å²) in [5, 5.41) is 3.59. The van der Waals surface area contributed by atoms with Crippen molar-refractivity contribution in [2.24, 2.45) is 17.1 Å². The van der Waals surface area contributed by atoms with Crippen LogP contribution in [0.15, 0.2) is 67.2 Å². The van der Waals surface area contributed by atoms with Gasteiger partial charge in [-0.05, 0) is 12.0 Å². The van der Waals surface area contributed by atoms with Crippen molar-refractivity contribution in [2.75, 3.05) is 7.11 Å². The Bertz CT molecular complexity index is 950. The summed E-state index contributed by atoms with van der Waals surface area (Å²) in [5.41, 5.74) is 6.28. The number of hydrogen-bond acceptors (Lipinski definition) is 6. The van der Waals surface area contributed by atoms with Gasteiger partial charge in [0.1, 0.15) is 11.8 Å². The number of carbonyl (C=O) groups excluding carboxylic acids is 2. The molecule has 0 bridgehead atoms. The van der Waals surface area contributed by atoms with Crippen LogP contribution in [0.4, 0.5) is 0 Å². The standard InChI is InChI=1S/C24H30N4O3/c1-23(2,13-20(25)22(30)31-3)21(29)19-11-7-8-12-24(19,17-9-5-4-6-10-17)28-15-18-14-26-16-27-18/h4-12,14,16,19-20,28H,13,15,25H2,1-3H3,(H,26,27). The smallest absolute Gasteiger partial charge is 0.322 e. The predicted molar refractivity (Wildman–Crippen MR) is 119 cm³/mol. The highest BCUT2D eigenvalue weighted by Gasteiger charge is 2.47. The van der Waals surface area contributed by atoms with E-state index in [1.807, 2.05) is 68.5 Å². The lowest BCUT2D eigenvalue weighted by Gasteiger charge is -2.42. The Kier molecular flexibility index (Phi) is 6.87. The van der Waals surface area contributed by atoms with Crippen molar-refractivity contribution in [3.05, 3.63) is 78.4 Å². The number of nitrogens with two attached hydrogens (primary N) is 1. The first-order valence-corrected chi connectivity index (χ1v) is 10.3. The van der Waals surface area contributed by atoms with E-state index in [1.165, 1.54) is 7.11 Å². The third-order valence-corrected chi connectivity index (χ3v) is 5.83. The number of nitrogens with zero attached hydrogens (tertiary/aromatic N) is 1. The maximum atomic E-state index is 13.9. The molecule has 0 spiro atoms. The highest BCUT2D eigenvalue weighted by Crippen LogP contribution is 2.41. The second-order valence-electron chi connectivity index (χ2n) is 8.47. The van der Waals surface area contributed by atoms with Crippen LogP contribution in [-0.4, -0.2) is 34.9 Å². The number of aromatic amines is 1. The molecule has 1 aliphatic rings. The Labute approximate surface area is 182 Å². The summed E-state index contributed by atoms with van der Waals surface area (Å²) in [5.74, 6) is -1.03. The van der Waals surface area contributed by atoms with Crippen LogP contribution in [0.3, 0.4) is 0 Å². The van der Waals surface area contributed by atoms with Crippen LogP contribution in [0.2, 0.25) is 0 Å². The number of hydrogen-bond donors (Lipinski definition) is 3. The van der Waals surface area contributed by atoms with Gasteiger partial charge in [0.2, 0.25) is 0 Å². The quantitative estimate of drug-likeness (QED) is 0.536. The molecule has 4 N–H and O–H groups in total. The minimum Gasteiger partial charge on any atom is -0.468 e. The summed E-state index contributed by atoms with van der Waals surface area (Å²) in [6.07, 6.45) is 11.4. The third kappa shape index (κ3) is 4.84. The molecule has 164 valence electrons. The minimum absolute atomic E-state index is 0.00610. The van der Waals surface area contributed by atoms with Crippen molar-refractivity contribution in [2.45, 2.75) is 38.4 Å². The number of ether oxygens (including phenoxy) is 1. The number of methoxy groups -OCH3 is 1. The molecule has 0 aliphatic heterocycles. The molecule has 31 heavy (non-hydrogen) atoms. The number of benzene rings is 1. The summed E-state index contributed by atoms with van der Waals surface area (Å²) in [6.45, 7) is 4.16. The van der Waals surface area contributed by atoms with Gasteiger partial charge in [-0.15, -0.1) is 0 Å². The maximum absolute atomic E-state index is 13.9. The van der Waals surface area contributed by atoms with Gasteiger partial charge >= 0.3 is 5.97 Å². The molecular formula is C24H30N4O3. The van der Waals surface area contributed by atoms with E-state index in [-0.39, 0.29) is 12.2 Å². The van der Waals surface area contributed by atoms with Crippen LogP contribution in [0.1, 0.15) is 31.5 Å². The third-order valence-electron chi connectivity index (χ3n) is 5.83. The minimum atomic E-state index is -0.865. The molecule has 0 amide bonds. The van der Waals surface area contributed by atoms with Gasteiger partial charge < -0.3 is 15.5 Å². The molecule has 7 nitrogen and oxygen atoms in total. The Morgan fingerprint density at radius 2 is 2.03 bits per heavy atom. The van der Waals surface area contributed by atoms with E-state index in [0.29, 0.717) is 6.54 Å². The van der Waals surface area contributed by atoms with E-state index in [4.69, 9.17) is 10.5 Å². The second-order valence-corrected chi connectivity index (χ2v) is 8.47. The molecule has 3 atom stereocenters. The van der Waals surface area contributed by atoms with Gasteiger partial charge in [0.25, 0.3) is 0 Å². The van der Waals surface area contributed by atoms with Crippen LogP contribution < -0.4 is 11.1 Å². The number of Topliss-reactive ketones (excluding diaryl/α,β-unsaturated/α-hetero) is 1.